The number of carbonyl (C=O) groups excluding carboxylic acids is 1. The Morgan fingerprint density at radius 3 is 2.84 bits per heavy atom. The van der Waals surface area contributed by atoms with Crippen LogP contribution in [0.3, 0.4) is 0 Å². The first-order chi connectivity index (χ1) is 9.34. The molecular formula is C16H23NO2. The predicted molar refractivity (Wildman–Crippen MR) is 74.5 cm³/mol. The topological polar surface area (TPSA) is 31.2 Å². The molecule has 3 nitrogen and oxygen atoms in total. The standard InChI is InChI=1S/C16H23NO2/c18-16-8-4-7-15-14(16)9-10-17(15)11-12-19-13-5-2-1-3-6-13/h9-10,13H,1-8,11-12H2. The highest BCUT2D eigenvalue weighted by Crippen LogP contribution is 2.23. The zero-order valence-corrected chi connectivity index (χ0v) is 11.6. The molecule has 0 bridgehead atoms. The lowest BCUT2D eigenvalue weighted by molar-refractivity contribution is 0.0238. The molecule has 0 unspecified atom stereocenters. The van der Waals surface area contributed by atoms with E-state index < -0.39 is 0 Å². The summed E-state index contributed by atoms with van der Waals surface area (Å²) in [4.78, 5) is 11.8. The van der Waals surface area contributed by atoms with E-state index in [0.717, 1.165) is 38.0 Å². The van der Waals surface area contributed by atoms with E-state index in [1.165, 1.54) is 37.8 Å². The minimum Gasteiger partial charge on any atom is -0.376 e. The van der Waals surface area contributed by atoms with Crippen molar-refractivity contribution in [3.8, 4) is 0 Å². The lowest BCUT2D eigenvalue weighted by Gasteiger charge is -2.22. The molecule has 0 aromatic carbocycles. The Balaban J connectivity index is 1.54. The number of nitrogens with zero attached hydrogens (tertiary/aromatic N) is 1. The quantitative estimate of drug-likeness (QED) is 0.832. The third kappa shape index (κ3) is 2.92. The van der Waals surface area contributed by atoms with Gasteiger partial charge in [-0.05, 0) is 31.7 Å². The van der Waals surface area contributed by atoms with Crippen LogP contribution in [0.5, 0.6) is 0 Å². The van der Waals surface area contributed by atoms with E-state index in [-0.39, 0.29) is 0 Å². The highest BCUT2D eigenvalue weighted by atomic mass is 16.5. The molecule has 0 saturated heterocycles. The van der Waals surface area contributed by atoms with Crippen LogP contribution in [0, 0.1) is 0 Å². The summed E-state index contributed by atoms with van der Waals surface area (Å²) in [6, 6.07) is 1.98. The van der Waals surface area contributed by atoms with Gasteiger partial charge in [-0.1, -0.05) is 19.3 Å². The number of fused-ring (bicyclic) bond motifs is 1. The predicted octanol–water partition coefficient (Wildman–Crippen LogP) is 3.36. The van der Waals surface area contributed by atoms with E-state index in [2.05, 4.69) is 10.8 Å². The first-order valence-electron chi connectivity index (χ1n) is 7.67. The van der Waals surface area contributed by atoms with Gasteiger partial charge in [-0.25, -0.2) is 0 Å². The number of Topliss-reactive ketones (excluding diaryl/α,β-unsaturated/α-hetero) is 1. The molecule has 0 atom stereocenters. The zero-order valence-electron chi connectivity index (χ0n) is 11.6. The van der Waals surface area contributed by atoms with Gasteiger partial charge in [-0.2, -0.15) is 0 Å². The van der Waals surface area contributed by atoms with Crippen LogP contribution < -0.4 is 0 Å². The number of aromatic nitrogens is 1. The molecule has 3 heteroatoms. The molecule has 0 aliphatic heterocycles. The van der Waals surface area contributed by atoms with E-state index in [1.807, 2.05) is 6.07 Å². The molecule has 1 fully saturated rings. The first kappa shape index (κ1) is 12.9. The van der Waals surface area contributed by atoms with Crippen LogP contribution in [0.4, 0.5) is 0 Å². The molecule has 0 spiro atoms. The normalized spacial score (nSPS) is 20.5. The smallest absolute Gasteiger partial charge is 0.164 e. The summed E-state index contributed by atoms with van der Waals surface area (Å²) in [6.07, 6.45) is 11.7. The van der Waals surface area contributed by atoms with Crippen LogP contribution in [0.25, 0.3) is 0 Å². The molecule has 0 N–H and O–H groups in total. The SMILES string of the molecule is O=C1CCCc2c1ccn2CCOC1CCCCC1. The summed E-state index contributed by atoms with van der Waals surface area (Å²) >= 11 is 0. The van der Waals surface area contributed by atoms with Gasteiger partial charge in [0.2, 0.25) is 0 Å². The summed E-state index contributed by atoms with van der Waals surface area (Å²) in [5, 5.41) is 0. The molecule has 3 rings (SSSR count). The van der Waals surface area contributed by atoms with Crippen LogP contribution in [0.1, 0.15) is 61.0 Å². The van der Waals surface area contributed by atoms with Crippen molar-refractivity contribution in [2.75, 3.05) is 6.61 Å². The Morgan fingerprint density at radius 2 is 2.00 bits per heavy atom. The summed E-state index contributed by atoms with van der Waals surface area (Å²) in [6.45, 7) is 1.67. The number of carbonyl (C=O) groups is 1. The first-order valence-corrected chi connectivity index (χ1v) is 7.67. The Hall–Kier alpha value is -1.09. The number of ether oxygens (including phenoxy) is 1. The second-order valence-electron chi connectivity index (χ2n) is 5.78. The van der Waals surface area contributed by atoms with Crippen molar-refractivity contribution in [1.29, 1.82) is 0 Å². The third-order valence-corrected chi connectivity index (χ3v) is 4.43. The lowest BCUT2D eigenvalue weighted by atomic mass is 9.97. The Labute approximate surface area is 114 Å². The van der Waals surface area contributed by atoms with Gasteiger partial charge in [-0.3, -0.25) is 4.79 Å². The zero-order chi connectivity index (χ0) is 13.1. The number of hydrogen-bond donors (Lipinski definition) is 0. The number of ketones is 1. The fraction of sp³-hybridized carbons (Fsp3) is 0.688. The van der Waals surface area contributed by atoms with Crippen molar-refractivity contribution in [3.05, 3.63) is 23.5 Å². The summed E-state index contributed by atoms with van der Waals surface area (Å²) in [5.74, 6) is 0.313. The van der Waals surface area contributed by atoms with Crippen molar-refractivity contribution in [3.63, 3.8) is 0 Å². The average molecular weight is 261 g/mol. The molecule has 104 valence electrons. The van der Waals surface area contributed by atoms with E-state index in [1.54, 1.807) is 0 Å². The average Bonchev–Trinajstić information content (AvgIpc) is 2.85. The van der Waals surface area contributed by atoms with Gasteiger partial charge >= 0.3 is 0 Å². The van der Waals surface area contributed by atoms with Crippen LogP contribution in [-0.2, 0) is 17.7 Å². The highest BCUT2D eigenvalue weighted by Gasteiger charge is 2.20. The Kier molecular flexibility index (Phi) is 4.02. The van der Waals surface area contributed by atoms with Crippen molar-refractivity contribution >= 4 is 5.78 Å². The molecule has 1 saturated carbocycles. The maximum atomic E-state index is 11.8. The minimum atomic E-state index is 0.313. The van der Waals surface area contributed by atoms with Crippen molar-refractivity contribution in [2.45, 2.75) is 64.0 Å². The highest BCUT2D eigenvalue weighted by molar-refractivity contribution is 5.98. The molecule has 2 aliphatic carbocycles. The van der Waals surface area contributed by atoms with Crippen LogP contribution in [0.15, 0.2) is 12.3 Å². The fourth-order valence-electron chi connectivity index (χ4n) is 3.35. The molecule has 2 aliphatic rings. The van der Waals surface area contributed by atoms with Gasteiger partial charge in [0.25, 0.3) is 0 Å². The number of hydrogen-bond acceptors (Lipinski definition) is 2. The van der Waals surface area contributed by atoms with Gasteiger partial charge in [0.15, 0.2) is 5.78 Å². The van der Waals surface area contributed by atoms with Gasteiger partial charge in [0.05, 0.1) is 12.7 Å². The lowest BCUT2D eigenvalue weighted by Crippen LogP contribution is -2.20. The van der Waals surface area contributed by atoms with Gasteiger partial charge in [0, 0.05) is 30.4 Å². The molecule has 1 aromatic heterocycles. The van der Waals surface area contributed by atoms with Gasteiger partial charge < -0.3 is 9.30 Å². The van der Waals surface area contributed by atoms with E-state index in [4.69, 9.17) is 4.74 Å². The molecule has 19 heavy (non-hydrogen) atoms. The molecule has 1 heterocycles. The Bertz CT molecular complexity index is 444. The van der Waals surface area contributed by atoms with E-state index in [0.29, 0.717) is 11.9 Å². The van der Waals surface area contributed by atoms with Crippen LogP contribution >= 0.6 is 0 Å². The minimum absolute atomic E-state index is 0.313. The van der Waals surface area contributed by atoms with Crippen molar-refractivity contribution in [1.82, 2.24) is 4.57 Å². The third-order valence-electron chi connectivity index (χ3n) is 4.43. The second-order valence-corrected chi connectivity index (χ2v) is 5.78. The molecule has 0 amide bonds. The molecule has 1 aromatic rings. The summed E-state index contributed by atoms with van der Waals surface area (Å²) in [5.41, 5.74) is 2.17. The largest absolute Gasteiger partial charge is 0.376 e. The van der Waals surface area contributed by atoms with Gasteiger partial charge in [0.1, 0.15) is 0 Å². The van der Waals surface area contributed by atoms with Crippen LogP contribution in [-0.4, -0.2) is 23.1 Å². The maximum absolute atomic E-state index is 11.8. The monoisotopic (exact) mass is 261 g/mol. The second kappa shape index (κ2) is 5.91. The van der Waals surface area contributed by atoms with E-state index >= 15 is 0 Å². The molecule has 0 radical (unpaired) electrons. The Morgan fingerprint density at radius 1 is 1.16 bits per heavy atom. The summed E-state index contributed by atoms with van der Waals surface area (Å²) in [7, 11) is 0. The molecular weight excluding hydrogens is 238 g/mol. The van der Waals surface area contributed by atoms with Crippen LogP contribution in [0.2, 0.25) is 0 Å². The maximum Gasteiger partial charge on any atom is 0.164 e. The van der Waals surface area contributed by atoms with E-state index in [9.17, 15) is 4.79 Å². The number of rotatable bonds is 4. The fourth-order valence-corrected chi connectivity index (χ4v) is 3.35. The van der Waals surface area contributed by atoms with Gasteiger partial charge in [-0.15, -0.1) is 0 Å². The van der Waals surface area contributed by atoms with Crippen molar-refractivity contribution in [2.24, 2.45) is 0 Å². The summed E-state index contributed by atoms with van der Waals surface area (Å²) < 4.78 is 8.19. The van der Waals surface area contributed by atoms with Crippen molar-refractivity contribution < 1.29 is 9.53 Å².